The Bertz CT molecular complexity index is 1040. The summed E-state index contributed by atoms with van der Waals surface area (Å²) in [6, 6.07) is 11.6. The quantitative estimate of drug-likeness (QED) is 0.686. The summed E-state index contributed by atoms with van der Waals surface area (Å²) in [7, 11) is 0. The Kier molecular flexibility index (Phi) is 7.08. The van der Waals surface area contributed by atoms with Gasteiger partial charge in [-0.15, -0.1) is 0 Å². The summed E-state index contributed by atoms with van der Waals surface area (Å²) in [5, 5.41) is 3.00. The highest BCUT2D eigenvalue weighted by molar-refractivity contribution is 5.94. The predicted octanol–water partition coefficient (Wildman–Crippen LogP) is 2.73. The van der Waals surface area contributed by atoms with E-state index in [1.165, 1.54) is 11.1 Å². The molecule has 0 bridgehead atoms. The molecule has 2 aromatic carbocycles. The van der Waals surface area contributed by atoms with Crippen molar-refractivity contribution < 1.29 is 19.1 Å². The van der Waals surface area contributed by atoms with Gasteiger partial charge in [-0.1, -0.05) is 24.3 Å². The van der Waals surface area contributed by atoms with Crippen LogP contribution in [-0.2, 0) is 27.2 Å². The summed E-state index contributed by atoms with van der Waals surface area (Å²) in [6.45, 7) is 6.19. The zero-order valence-corrected chi connectivity index (χ0v) is 19.4. The van der Waals surface area contributed by atoms with Crippen molar-refractivity contribution in [3.63, 3.8) is 0 Å². The maximum absolute atomic E-state index is 12.5. The molecule has 1 fully saturated rings. The number of carbonyl (C=O) groups is 3. The highest BCUT2D eigenvalue weighted by Gasteiger charge is 2.24. The molecule has 0 aromatic heterocycles. The molecule has 1 saturated heterocycles. The second-order valence-corrected chi connectivity index (χ2v) is 8.89. The van der Waals surface area contributed by atoms with Gasteiger partial charge in [0.2, 0.25) is 5.91 Å². The number of carbonyl (C=O) groups excluding carboxylic acids is 3. The van der Waals surface area contributed by atoms with Gasteiger partial charge in [0.05, 0.1) is 12.1 Å². The lowest BCUT2D eigenvalue weighted by Crippen LogP contribution is -2.51. The Hall–Kier alpha value is -3.19. The molecule has 1 heterocycles. The number of fused-ring (bicyclic) bond motifs is 1. The lowest BCUT2D eigenvalue weighted by atomic mass is 10.1. The third-order valence-electron chi connectivity index (χ3n) is 6.50. The van der Waals surface area contributed by atoms with Gasteiger partial charge >= 0.3 is 5.97 Å². The second kappa shape index (κ2) is 10.2. The lowest BCUT2D eigenvalue weighted by Gasteiger charge is -2.34. The number of anilines is 1. The lowest BCUT2D eigenvalue weighted by molar-refractivity contribution is -0.136. The molecule has 7 heteroatoms. The predicted molar refractivity (Wildman–Crippen MR) is 126 cm³/mol. The molecule has 33 heavy (non-hydrogen) atoms. The van der Waals surface area contributed by atoms with Crippen LogP contribution in [-0.4, -0.2) is 66.9 Å². The number of nitrogens with one attached hydrogen (secondary N) is 1. The molecule has 1 N–H and O–H groups in total. The maximum atomic E-state index is 12.5. The van der Waals surface area contributed by atoms with Gasteiger partial charge in [-0.05, 0) is 67.5 Å². The van der Waals surface area contributed by atoms with Crippen LogP contribution in [0, 0.1) is 13.8 Å². The van der Waals surface area contributed by atoms with Gasteiger partial charge in [0.1, 0.15) is 0 Å². The van der Waals surface area contributed by atoms with Crippen LogP contribution in [0.1, 0.15) is 39.0 Å². The topological polar surface area (TPSA) is 79.0 Å². The number of nitrogens with zero attached hydrogens (tertiary/aromatic N) is 2. The number of para-hydroxylation sites is 1. The molecule has 4 rings (SSSR count). The van der Waals surface area contributed by atoms with Crippen molar-refractivity contribution in [1.29, 1.82) is 0 Å². The molecule has 1 aliphatic carbocycles. The minimum absolute atomic E-state index is 0.0598. The molecule has 7 nitrogen and oxygen atoms in total. The van der Waals surface area contributed by atoms with E-state index in [1.807, 2.05) is 49.1 Å². The molecule has 2 aromatic rings. The fourth-order valence-corrected chi connectivity index (χ4v) is 4.55. The number of hydrogen-bond donors (Lipinski definition) is 1. The SMILES string of the molecule is Cc1cccc(C)c1NC(=O)CN1CCN(C(=O)COC(=O)c2ccc3c(c2)CCC3)CC1. The largest absolute Gasteiger partial charge is 0.452 e. The first-order valence-electron chi connectivity index (χ1n) is 11.6. The second-order valence-electron chi connectivity index (χ2n) is 8.89. The Balaban J connectivity index is 1.20. The standard InChI is InChI=1S/C26H31N3O4/c1-18-5-3-6-19(2)25(18)27-23(30)16-28-11-13-29(14-12-28)24(31)17-33-26(32)22-10-9-20-7-4-8-21(20)15-22/h3,5-6,9-10,15H,4,7-8,11-14,16-17H2,1-2H3,(H,27,30). The van der Waals surface area contributed by atoms with E-state index in [1.54, 1.807) is 11.0 Å². The average Bonchev–Trinajstić information content (AvgIpc) is 3.28. The molecule has 174 valence electrons. The van der Waals surface area contributed by atoms with Crippen molar-refractivity contribution in [2.75, 3.05) is 44.6 Å². The van der Waals surface area contributed by atoms with E-state index in [0.717, 1.165) is 36.1 Å². The highest BCUT2D eigenvalue weighted by atomic mass is 16.5. The van der Waals surface area contributed by atoms with Crippen molar-refractivity contribution >= 4 is 23.5 Å². The Morgan fingerprint density at radius 3 is 2.36 bits per heavy atom. The summed E-state index contributed by atoms with van der Waals surface area (Å²) in [4.78, 5) is 41.1. The van der Waals surface area contributed by atoms with Gasteiger partial charge in [-0.3, -0.25) is 14.5 Å². The third kappa shape index (κ3) is 5.60. The van der Waals surface area contributed by atoms with Crippen molar-refractivity contribution in [2.45, 2.75) is 33.1 Å². The number of hydrogen-bond acceptors (Lipinski definition) is 5. The first kappa shape index (κ1) is 23.0. The van der Waals surface area contributed by atoms with Crippen LogP contribution >= 0.6 is 0 Å². The fraction of sp³-hybridized carbons (Fsp3) is 0.423. The summed E-state index contributed by atoms with van der Waals surface area (Å²) in [5.74, 6) is -0.723. The van der Waals surface area contributed by atoms with Gasteiger partial charge in [0.15, 0.2) is 6.61 Å². The van der Waals surface area contributed by atoms with Crippen molar-refractivity contribution in [2.24, 2.45) is 0 Å². The van der Waals surface area contributed by atoms with E-state index in [9.17, 15) is 14.4 Å². The molecule has 1 aliphatic heterocycles. The molecule has 0 atom stereocenters. The van der Waals surface area contributed by atoms with E-state index < -0.39 is 5.97 Å². The zero-order valence-electron chi connectivity index (χ0n) is 19.4. The van der Waals surface area contributed by atoms with E-state index >= 15 is 0 Å². The molecule has 0 radical (unpaired) electrons. The number of esters is 1. The summed E-state index contributed by atoms with van der Waals surface area (Å²) >= 11 is 0. The number of rotatable bonds is 6. The van der Waals surface area contributed by atoms with Gasteiger partial charge in [0, 0.05) is 31.9 Å². The minimum atomic E-state index is -0.458. The number of piperazine rings is 1. The first-order chi connectivity index (χ1) is 15.9. The number of aryl methyl sites for hydroxylation is 4. The van der Waals surface area contributed by atoms with Gasteiger partial charge < -0.3 is 15.0 Å². The summed E-state index contributed by atoms with van der Waals surface area (Å²) in [5.41, 5.74) is 5.93. The zero-order chi connectivity index (χ0) is 23.4. The Morgan fingerprint density at radius 2 is 1.64 bits per heavy atom. The third-order valence-corrected chi connectivity index (χ3v) is 6.50. The molecular formula is C26H31N3O4. The normalized spacial score (nSPS) is 15.8. The van der Waals surface area contributed by atoms with Crippen LogP contribution < -0.4 is 5.32 Å². The molecular weight excluding hydrogens is 418 g/mol. The number of amides is 2. The average molecular weight is 450 g/mol. The minimum Gasteiger partial charge on any atom is -0.452 e. The fourth-order valence-electron chi connectivity index (χ4n) is 4.55. The molecule has 0 unspecified atom stereocenters. The number of ether oxygens (including phenoxy) is 1. The van der Waals surface area contributed by atoms with Crippen LogP contribution in [0.4, 0.5) is 5.69 Å². The summed E-state index contributed by atoms with van der Waals surface area (Å²) < 4.78 is 5.28. The summed E-state index contributed by atoms with van der Waals surface area (Å²) in [6.07, 6.45) is 3.16. The Morgan fingerprint density at radius 1 is 0.939 bits per heavy atom. The van der Waals surface area contributed by atoms with E-state index in [-0.39, 0.29) is 25.0 Å². The Labute approximate surface area is 194 Å². The van der Waals surface area contributed by atoms with Gasteiger partial charge in [-0.25, -0.2) is 4.79 Å². The van der Waals surface area contributed by atoms with E-state index in [4.69, 9.17) is 4.74 Å². The molecule has 2 amide bonds. The van der Waals surface area contributed by atoms with Crippen LogP contribution in [0.15, 0.2) is 36.4 Å². The van der Waals surface area contributed by atoms with Crippen LogP contribution in [0.2, 0.25) is 0 Å². The van der Waals surface area contributed by atoms with E-state index in [2.05, 4.69) is 5.32 Å². The van der Waals surface area contributed by atoms with Crippen LogP contribution in [0.5, 0.6) is 0 Å². The maximum Gasteiger partial charge on any atom is 0.338 e. The van der Waals surface area contributed by atoms with Gasteiger partial charge in [-0.2, -0.15) is 0 Å². The van der Waals surface area contributed by atoms with Crippen LogP contribution in [0.3, 0.4) is 0 Å². The smallest absolute Gasteiger partial charge is 0.338 e. The highest BCUT2D eigenvalue weighted by Crippen LogP contribution is 2.23. The van der Waals surface area contributed by atoms with Crippen molar-refractivity contribution in [3.8, 4) is 0 Å². The van der Waals surface area contributed by atoms with Gasteiger partial charge in [0.25, 0.3) is 5.91 Å². The van der Waals surface area contributed by atoms with Crippen molar-refractivity contribution in [1.82, 2.24) is 9.80 Å². The first-order valence-corrected chi connectivity index (χ1v) is 11.6. The molecule has 2 aliphatic rings. The number of benzene rings is 2. The molecule has 0 saturated carbocycles. The monoisotopic (exact) mass is 449 g/mol. The van der Waals surface area contributed by atoms with E-state index in [0.29, 0.717) is 31.7 Å². The van der Waals surface area contributed by atoms with Crippen molar-refractivity contribution in [3.05, 3.63) is 64.2 Å². The molecule has 0 spiro atoms. The van der Waals surface area contributed by atoms with Crippen LogP contribution in [0.25, 0.3) is 0 Å².